The van der Waals surface area contributed by atoms with E-state index in [9.17, 15) is 19.1 Å². The molecule has 0 saturated heterocycles. The van der Waals surface area contributed by atoms with Gasteiger partial charge in [0.25, 0.3) is 5.91 Å². The fourth-order valence-electron chi connectivity index (χ4n) is 1.83. The minimum atomic E-state index is -1.42. The largest absolute Gasteiger partial charge is 0.508 e. The van der Waals surface area contributed by atoms with Crippen LogP contribution >= 0.6 is 0 Å². The molecule has 0 saturated carbocycles. The van der Waals surface area contributed by atoms with Gasteiger partial charge in [-0.2, -0.15) is 0 Å². The van der Waals surface area contributed by atoms with Crippen molar-refractivity contribution in [2.24, 2.45) is 0 Å². The lowest BCUT2D eigenvalue weighted by Crippen LogP contribution is -2.14. The van der Waals surface area contributed by atoms with Crippen LogP contribution in [0.2, 0.25) is 0 Å². The van der Waals surface area contributed by atoms with E-state index in [0.29, 0.717) is 5.56 Å². The number of hydrogen-bond donors (Lipinski definition) is 3. The lowest BCUT2D eigenvalue weighted by atomic mass is 10.1. The molecule has 5 nitrogen and oxygen atoms in total. The molecule has 0 spiro atoms. The number of carbonyl (C=O) groups is 2. The van der Waals surface area contributed by atoms with Gasteiger partial charge in [-0.3, -0.25) is 4.79 Å². The third-order valence-electron chi connectivity index (χ3n) is 3.00. The Kier molecular flexibility index (Phi) is 3.89. The van der Waals surface area contributed by atoms with Crippen molar-refractivity contribution in [1.29, 1.82) is 0 Å². The van der Waals surface area contributed by atoms with Gasteiger partial charge in [0.1, 0.15) is 11.6 Å². The highest BCUT2D eigenvalue weighted by Crippen LogP contribution is 2.21. The molecule has 0 heterocycles. The van der Waals surface area contributed by atoms with Gasteiger partial charge < -0.3 is 15.5 Å². The lowest BCUT2D eigenvalue weighted by Gasteiger charge is -2.09. The smallest absolute Gasteiger partial charge is 0.338 e. The van der Waals surface area contributed by atoms with E-state index in [1.165, 1.54) is 24.3 Å². The third kappa shape index (κ3) is 3.00. The Bertz CT molecular complexity index is 728. The number of carbonyl (C=O) groups excluding carboxylic acids is 1. The lowest BCUT2D eigenvalue weighted by molar-refractivity contribution is 0.0691. The molecule has 0 aliphatic heterocycles. The zero-order chi connectivity index (χ0) is 15.6. The number of halogens is 1. The number of amides is 1. The molecular formula is C15H12FNO4. The first kappa shape index (κ1) is 14.5. The van der Waals surface area contributed by atoms with E-state index < -0.39 is 23.3 Å². The second-order valence-electron chi connectivity index (χ2n) is 4.40. The van der Waals surface area contributed by atoms with E-state index in [-0.39, 0.29) is 17.0 Å². The molecule has 108 valence electrons. The molecule has 0 unspecified atom stereocenters. The summed E-state index contributed by atoms with van der Waals surface area (Å²) in [5.74, 6) is -2.84. The number of carboxylic acids is 1. The summed E-state index contributed by atoms with van der Waals surface area (Å²) >= 11 is 0. The maximum Gasteiger partial charge on any atom is 0.338 e. The Morgan fingerprint density at radius 3 is 2.52 bits per heavy atom. The van der Waals surface area contributed by atoms with Crippen molar-refractivity contribution in [3.05, 3.63) is 58.9 Å². The Morgan fingerprint density at radius 2 is 1.86 bits per heavy atom. The van der Waals surface area contributed by atoms with Crippen LogP contribution in [-0.4, -0.2) is 22.1 Å². The number of aromatic carboxylic acids is 1. The SMILES string of the molecule is Cc1c(O)cccc1C(=O)Nc1ccc(F)c(C(=O)O)c1. The van der Waals surface area contributed by atoms with Crippen LogP contribution in [0.4, 0.5) is 10.1 Å². The van der Waals surface area contributed by atoms with E-state index in [1.807, 2.05) is 0 Å². The van der Waals surface area contributed by atoms with E-state index in [1.54, 1.807) is 6.92 Å². The first-order valence-electron chi connectivity index (χ1n) is 6.03. The summed E-state index contributed by atoms with van der Waals surface area (Å²) in [7, 11) is 0. The number of hydrogen-bond acceptors (Lipinski definition) is 3. The topological polar surface area (TPSA) is 86.6 Å². The number of phenols is 1. The standard InChI is InChI=1S/C15H12FNO4/c1-8-10(3-2-4-13(8)18)14(19)17-9-5-6-12(16)11(7-9)15(20)21/h2-7,18H,1H3,(H,17,19)(H,20,21). The molecule has 6 heteroatoms. The van der Waals surface area contributed by atoms with E-state index in [2.05, 4.69) is 5.32 Å². The highest BCUT2D eigenvalue weighted by Gasteiger charge is 2.14. The van der Waals surface area contributed by atoms with Crippen molar-refractivity contribution in [1.82, 2.24) is 0 Å². The maximum atomic E-state index is 13.3. The van der Waals surface area contributed by atoms with Gasteiger partial charge in [-0.25, -0.2) is 9.18 Å². The van der Waals surface area contributed by atoms with Crippen LogP contribution in [0, 0.1) is 12.7 Å². The van der Waals surface area contributed by atoms with Gasteiger partial charge in [-0.1, -0.05) is 6.07 Å². The van der Waals surface area contributed by atoms with E-state index in [4.69, 9.17) is 5.11 Å². The Morgan fingerprint density at radius 1 is 1.14 bits per heavy atom. The molecule has 0 aliphatic carbocycles. The Balaban J connectivity index is 2.30. The average molecular weight is 289 g/mol. The molecule has 1 amide bonds. The molecular weight excluding hydrogens is 277 g/mol. The highest BCUT2D eigenvalue weighted by atomic mass is 19.1. The number of anilines is 1. The number of nitrogens with one attached hydrogen (secondary N) is 1. The van der Waals surface area contributed by atoms with E-state index >= 15 is 0 Å². The third-order valence-corrected chi connectivity index (χ3v) is 3.00. The van der Waals surface area contributed by atoms with Crippen molar-refractivity contribution in [3.8, 4) is 5.75 Å². The molecule has 2 rings (SSSR count). The predicted octanol–water partition coefficient (Wildman–Crippen LogP) is 2.79. The molecule has 0 aliphatic rings. The van der Waals surface area contributed by atoms with Crippen LogP contribution in [0.5, 0.6) is 5.75 Å². The predicted molar refractivity (Wildman–Crippen MR) is 74.2 cm³/mol. The molecule has 21 heavy (non-hydrogen) atoms. The number of rotatable bonds is 3. The van der Waals surface area contributed by atoms with Crippen molar-refractivity contribution in [2.45, 2.75) is 6.92 Å². The number of carboxylic acid groups (broad SMARTS) is 1. The summed E-state index contributed by atoms with van der Waals surface area (Å²) in [5.41, 5.74) is 0.272. The van der Waals surface area contributed by atoms with Gasteiger partial charge in [-0.15, -0.1) is 0 Å². The molecule has 0 radical (unpaired) electrons. The number of phenolic OH excluding ortho intramolecular Hbond substituents is 1. The van der Waals surface area contributed by atoms with Crippen molar-refractivity contribution in [3.63, 3.8) is 0 Å². The van der Waals surface area contributed by atoms with Gasteiger partial charge in [0.05, 0.1) is 5.56 Å². The fourth-order valence-corrected chi connectivity index (χ4v) is 1.83. The number of benzene rings is 2. The fraction of sp³-hybridized carbons (Fsp3) is 0.0667. The molecule has 3 N–H and O–H groups in total. The summed E-state index contributed by atoms with van der Waals surface area (Å²) in [6.07, 6.45) is 0. The quantitative estimate of drug-likeness (QED) is 0.811. The van der Waals surface area contributed by atoms with Gasteiger partial charge in [0.2, 0.25) is 0 Å². The number of aromatic hydroxyl groups is 1. The zero-order valence-electron chi connectivity index (χ0n) is 11.1. The molecule has 2 aromatic rings. The summed E-state index contributed by atoms with van der Waals surface area (Å²) in [5, 5.41) is 20.9. The summed E-state index contributed by atoms with van der Waals surface area (Å²) < 4.78 is 13.3. The van der Waals surface area contributed by atoms with Crippen LogP contribution in [0.1, 0.15) is 26.3 Å². The second-order valence-corrected chi connectivity index (χ2v) is 4.40. The zero-order valence-corrected chi connectivity index (χ0v) is 11.1. The first-order chi connectivity index (χ1) is 9.90. The van der Waals surface area contributed by atoms with Crippen molar-refractivity contribution in [2.75, 3.05) is 5.32 Å². The summed E-state index contributed by atoms with van der Waals surface area (Å²) in [4.78, 5) is 22.9. The van der Waals surface area contributed by atoms with Gasteiger partial charge in [0.15, 0.2) is 0 Å². The molecule has 2 aromatic carbocycles. The average Bonchev–Trinajstić information content (AvgIpc) is 2.43. The summed E-state index contributed by atoms with van der Waals surface area (Å²) in [6.45, 7) is 1.58. The maximum absolute atomic E-state index is 13.3. The van der Waals surface area contributed by atoms with Crippen LogP contribution in [0.15, 0.2) is 36.4 Å². The first-order valence-corrected chi connectivity index (χ1v) is 6.03. The van der Waals surface area contributed by atoms with Gasteiger partial charge >= 0.3 is 5.97 Å². The normalized spacial score (nSPS) is 10.2. The molecule has 0 aromatic heterocycles. The van der Waals surface area contributed by atoms with Gasteiger partial charge in [0, 0.05) is 16.8 Å². The second kappa shape index (κ2) is 5.62. The Labute approximate surface area is 119 Å². The van der Waals surface area contributed by atoms with Crippen LogP contribution in [0.25, 0.3) is 0 Å². The monoisotopic (exact) mass is 289 g/mol. The van der Waals surface area contributed by atoms with Crippen molar-refractivity contribution < 1.29 is 24.2 Å². The molecule has 0 bridgehead atoms. The Hall–Kier alpha value is -2.89. The summed E-state index contributed by atoms with van der Waals surface area (Å²) in [6, 6.07) is 7.75. The minimum Gasteiger partial charge on any atom is -0.508 e. The highest BCUT2D eigenvalue weighted by molar-refractivity contribution is 6.06. The van der Waals surface area contributed by atoms with Crippen molar-refractivity contribution >= 4 is 17.6 Å². The van der Waals surface area contributed by atoms with Crippen LogP contribution in [-0.2, 0) is 0 Å². The molecule has 0 fully saturated rings. The molecule has 0 atom stereocenters. The van der Waals surface area contributed by atoms with Crippen LogP contribution in [0.3, 0.4) is 0 Å². The van der Waals surface area contributed by atoms with Gasteiger partial charge in [-0.05, 0) is 37.3 Å². The minimum absolute atomic E-state index is 0.0204. The van der Waals surface area contributed by atoms with Crippen LogP contribution < -0.4 is 5.32 Å². The van der Waals surface area contributed by atoms with E-state index in [0.717, 1.165) is 12.1 Å².